The van der Waals surface area contributed by atoms with Crippen molar-refractivity contribution in [3.8, 4) is 0 Å². The van der Waals surface area contributed by atoms with E-state index in [2.05, 4.69) is 10.5 Å². The maximum Gasteiger partial charge on any atom is 0.223 e. The van der Waals surface area contributed by atoms with Crippen molar-refractivity contribution in [2.45, 2.75) is 33.1 Å². The third kappa shape index (κ3) is 2.37. The Morgan fingerprint density at radius 3 is 2.80 bits per heavy atom. The molecule has 1 fully saturated rings. The average Bonchev–Trinajstić information content (AvgIpc) is 2.99. The minimum atomic E-state index is 0.196. The van der Waals surface area contributed by atoms with E-state index in [1.807, 2.05) is 13.8 Å². The number of carbonyl (C=O) groups excluding carboxylic acids is 1. The van der Waals surface area contributed by atoms with Gasteiger partial charge in [0.25, 0.3) is 0 Å². The van der Waals surface area contributed by atoms with Gasteiger partial charge in [0.1, 0.15) is 5.76 Å². The molecule has 0 bridgehead atoms. The zero-order valence-corrected chi connectivity index (χ0v) is 9.17. The fourth-order valence-electron chi connectivity index (χ4n) is 1.66. The van der Waals surface area contributed by atoms with Crippen molar-refractivity contribution in [3.05, 3.63) is 17.0 Å². The number of hydrogen-bond acceptors (Lipinski definition) is 3. The van der Waals surface area contributed by atoms with Crippen molar-refractivity contribution < 1.29 is 9.32 Å². The summed E-state index contributed by atoms with van der Waals surface area (Å²) in [6, 6.07) is 0. The standard InChI is InChI=1S/C11H16N2O2/c1-7-10(8(2)15-13-7)5-6-12-11(14)9-3-4-9/h9H,3-6H2,1-2H3,(H,12,14). The summed E-state index contributed by atoms with van der Waals surface area (Å²) in [5, 5.41) is 6.80. The molecule has 0 spiro atoms. The van der Waals surface area contributed by atoms with Crippen molar-refractivity contribution in [2.24, 2.45) is 5.92 Å². The summed E-state index contributed by atoms with van der Waals surface area (Å²) in [6.45, 7) is 4.50. The summed E-state index contributed by atoms with van der Waals surface area (Å²) >= 11 is 0. The number of carbonyl (C=O) groups is 1. The van der Waals surface area contributed by atoms with Gasteiger partial charge in [0.05, 0.1) is 5.69 Å². The van der Waals surface area contributed by atoms with Gasteiger partial charge in [-0.2, -0.15) is 0 Å². The number of hydrogen-bond donors (Lipinski definition) is 1. The molecule has 0 unspecified atom stereocenters. The zero-order valence-electron chi connectivity index (χ0n) is 9.17. The molecule has 1 aromatic heterocycles. The number of nitrogens with one attached hydrogen (secondary N) is 1. The van der Waals surface area contributed by atoms with Gasteiger partial charge in [0.2, 0.25) is 5.91 Å². The Morgan fingerprint density at radius 1 is 1.53 bits per heavy atom. The van der Waals surface area contributed by atoms with Crippen LogP contribution in [0.1, 0.15) is 29.9 Å². The second kappa shape index (κ2) is 4.04. The quantitative estimate of drug-likeness (QED) is 0.812. The van der Waals surface area contributed by atoms with Crippen LogP contribution >= 0.6 is 0 Å². The summed E-state index contributed by atoms with van der Waals surface area (Å²) in [5.41, 5.74) is 2.04. The summed E-state index contributed by atoms with van der Waals surface area (Å²) < 4.78 is 5.05. The smallest absolute Gasteiger partial charge is 0.223 e. The molecule has 2 rings (SSSR count). The van der Waals surface area contributed by atoms with Crippen LogP contribution in [0.5, 0.6) is 0 Å². The molecule has 0 aliphatic heterocycles. The Balaban J connectivity index is 1.80. The number of aromatic nitrogens is 1. The summed E-state index contributed by atoms with van der Waals surface area (Å²) in [7, 11) is 0. The zero-order chi connectivity index (χ0) is 10.8. The molecule has 1 amide bonds. The van der Waals surface area contributed by atoms with Crippen LogP contribution in [0.15, 0.2) is 4.52 Å². The van der Waals surface area contributed by atoms with E-state index in [1.54, 1.807) is 0 Å². The van der Waals surface area contributed by atoms with Gasteiger partial charge in [-0.3, -0.25) is 4.79 Å². The predicted octanol–water partition coefficient (Wildman–Crippen LogP) is 1.36. The second-order valence-electron chi connectivity index (χ2n) is 4.12. The van der Waals surface area contributed by atoms with Crippen LogP contribution in [0.3, 0.4) is 0 Å². The Hall–Kier alpha value is -1.32. The van der Waals surface area contributed by atoms with E-state index < -0.39 is 0 Å². The lowest BCUT2D eigenvalue weighted by Crippen LogP contribution is -2.27. The van der Waals surface area contributed by atoms with E-state index in [4.69, 9.17) is 4.52 Å². The molecule has 1 aliphatic carbocycles. The third-order valence-electron chi connectivity index (χ3n) is 2.80. The van der Waals surface area contributed by atoms with Crippen molar-refractivity contribution in [3.63, 3.8) is 0 Å². The van der Waals surface area contributed by atoms with E-state index >= 15 is 0 Å². The van der Waals surface area contributed by atoms with E-state index in [1.165, 1.54) is 0 Å². The molecule has 0 aromatic carbocycles. The van der Waals surface area contributed by atoms with Crippen molar-refractivity contribution in [1.29, 1.82) is 0 Å². The fourth-order valence-corrected chi connectivity index (χ4v) is 1.66. The van der Waals surface area contributed by atoms with Crippen LogP contribution in [0, 0.1) is 19.8 Å². The number of nitrogens with zero attached hydrogens (tertiary/aromatic N) is 1. The lowest BCUT2D eigenvalue weighted by atomic mass is 10.1. The van der Waals surface area contributed by atoms with Crippen LogP contribution in [0.25, 0.3) is 0 Å². The first kappa shape index (κ1) is 10.2. The second-order valence-corrected chi connectivity index (χ2v) is 4.12. The highest BCUT2D eigenvalue weighted by Gasteiger charge is 2.29. The van der Waals surface area contributed by atoms with E-state index in [9.17, 15) is 4.79 Å². The van der Waals surface area contributed by atoms with Crippen LogP contribution < -0.4 is 5.32 Å². The molecule has 82 valence electrons. The van der Waals surface area contributed by atoms with Crippen LogP contribution in [-0.4, -0.2) is 17.6 Å². The first-order valence-corrected chi connectivity index (χ1v) is 5.38. The summed E-state index contributed by atoms with van der Waals surface area (Å²) in [4.78, 5) is 11.4. The lowest BCUT2D eigenvalue weighted by molar-refractivity contribution is -0.122. The highest BCUT2D eigenvalue weighted by molar-refractivity contribution is 5.80. The largest absolute Gasteiger partial charge is 0.361 e. The van der Waals surface area contributed by atoms with Gasteiger partial charge >= 0.3 is 0 Å². The van der Waals surface area contributed by atoms with Gasteiger partial charge in [-0.15, -0.1) is 0 Å². The minimum Gasteiger partial charge on any atom is -0.361 e. The lowest BCUT2D eigenvalue weighted by Gasteiger charge is -2.03. The molecule has 1 aromatic rings. The molecule has 0 saturated heterocycles. The molecule has 4 heteroatoms. The molecular formula is C11H16N2O2. The van der Waals surface area contributed by atoms with Gasteiger partial charge in [-0.05, 0) is 33.1 Å². The summed E-state index contributed by atoms with van der Waals surface area (Å²) in [5.74, 6) is 1.34. The van der Waals surface area contributed by atoms with Crippen LogP contribution in [-0.2, 0) is 11.2 Å². The molecule has 1 aliphatic rings. The number of amides is 1. The maximum atomic E-state index is 11.4. The minimum absolute atomic E-state index is 0.196. The maximum absolute atomic E-state index is 11.4. The average molecular weight is 208 g/mol. The van der Waals surface area contributed by atoms with E-state index in [-0.39, 0.29) is 11.8 Å². The fraction of sp³-hybridized carbons (Fsp3) is 0.636. The molecule has 1 N–H and O–H groups in total. The Kier molecular flexibility index (Phi) is 2.75. The highest BCUT2D eigenvalue weighted by atomic mass is 16.5. The van der Waals surface area contributed by atoms with E-state index in [0.717, 1.165) is 36.3 Å². The molecular weight excluding hydrogens is 192 g/mol. The third-order valence-corrected chi connectivity index (χ3v) is 2.80. The van der Waals surface area contributed by atoms with Crippen molar-refractivity contribution >= 4 is 5.91 Å². The highest BCUT2D eigenvalue weighted by Crippen LogP contribution is 2.28. The monoisotopic (exact) mass is 208 g/mol. The first-order valence-electron chi connectivity index (χ1n) is 5.38. The van der Waals surface area contributed by atoms with Crippen molar-refractivity contribution in [1.82, 2.24) is 10.5 Å². The summed E-state index contributed by atoms with van der Waals surface area (Å²) in [6.07, 6.45) is 2.91. The molecule has 0 radical (unpaired) electrons. The number of rotatable bonds is 4. The van der Waals surface area contributed by atoms with Gasteiger partial charge < -0.3 is 9.84 Å². The molecule has 0 atom stereocenters. The van der Waals surface area contributed by atoms with Gasteiger partial charge in [0, 0.05) is 18.0 Å². The molecule has 15 heavy (non-hydrogen) atoms. The van der Waals surface area contributed by atoms with Crippen LogP contribution in [0.4, 0.5) is 0 Å². The van der Waals surface area contributed by atoms with Gasteiger partial charge in [-0.1, -0.05) is 5.16 Å². The first-order chi connectivity index (χ1) is 7.18. The Bertz CT molecular complexity index is 347. The normalized spacial score (nSPS) is 15.3. The number of aryl methyl sites for hydroxylation is 2. The van der Waals surface area contributed by atoms with Gasteiger partial charge in [-0.25, -0.2) is 0 Å². The SMILES string of the molecule is Cc1noc(C)c1CCNC(=O)C1CC1. The predicted molar refractivity (Wildman–Crippen MR) is 55.4 cm³/mol. The molecule has 1 heterocycles. The van der Waals surface area contributed by atoms with Crippen LogP contribution in [0.2, 0.25) is 0 Å². The van der Waals surface area contributed by atoms with E-state index in [0.29, 0.717) is 6.54 Å². The molecule has 4 nitrogen and oxygen atoms in total. The Morgan fingerprint density at radius 2 is 2.27 bits per heavy atom. The topological polar surface area (TPSA) is 55.1 Å². The molecule has 1 saturated carbocycles. The van der Waals surface area contributed by atoms with Crippen molar-refractivity contribution in [2.75, 3.05) is 6.54 Å². The Labute approximate surface area is 89.0 Å². The van der Waals surface area contributed by atoms with Gasteiger partial charge in [0.15, 0.2) is 0 Å².